The van der Waals surface area contributed by atoms with Crippen molar-refractivity contribution < 1.29 is 0 Å². The van der Waals surface area contributed by atoms with Gasteiger partial charge in [0.05, 0.1) is 0 Å². The van der Waals surface area contributed by atoms with Crippen LogP contribution in [0.25, 0.3) is 0 Å². The second kappa shape index (κ2) is 9.09. The topological polar surface area (TPSA) is 39.7 Å². The van der Waals surface area contributed by atoms with Crippen LogP contribution in [0.2, 0.25) is 0 Å². The first-order chi connectivity index (χ1) is 13.3. The summed E-state index contributed by atoms with van der Waals surface area (Å²) in [5.74, 6) is 2.47. The van der Waals surface area contributed by atoms with Crippen LogP contribution < -0.4 is 10.6 Å². The standard InChI is InChI=1S/C23H36N4/c1-24-23(25-17-19-16-22(19)18-8-4-2-5-9-18)26-20-12-14-27(15-13-20)21-10-6-3-7-11-21/h2,4-5,8-9,19-22H,3,6-7,10-17H2,1H3,(H2,24,25,26). The fraction of sp³-hybridized carbons (Fsp3) is 0.696. The summed E-state index contributed by atoms with van der Waals surface area (Å²) in [6.07, 6.45) is 10.9. The van der Waals surface area contributed by atoms with Crippen LogP contribution in [0.4, 0.5) is 0 Å². The van der Waals surface area contributed by atoms with Crippen LogP contribution in [0.15, 0.2) is 35.3 Å². The van der Waals surface area contributed by atoms with Gasteiger partial charge in [0.15, 0.2) is 5.96 Å². The van der Waals surface area contributed by atoms with E-state index in [9.17, 15) is 0 Å². The molecule has 4 heteroatoms. The van der Waals surface area contributed by atoms with E-state index in [1.54, 1.807) is 0 Å². The lowest BCUT2D eigenvalue weighted by Gasteiger charge is -2.39. The van der Waals surface area contributed by atoms with Crippen molar-refractivity contribution in [2.24, 2.45) is 10.9 Å². The normalized spacial score (nSPS) is 28.1. The molecule has 2 N–H and O–H groups in total. The highest BCUT2D eigenvalue weighted by Gasteiger charge is 2.38. The molecule has 148 valence electrons. The summed E-state index contributed by atoms with van der Waals surface area (Å²) >= 11 is 0. The van der Waals surface area contributed by atoms with Gasteiger partial charge in [-0.05, 0) is 49.5 Å². The largest absolute Gasteiger partial charge is 0.356 e. The van der Waals surface area contributed by atoms with Crippen molar-refractivity contribution in [2.75, 3.05) is 26.7 Å². The third kappa shape index (κ3) is 5.04. The van der Waals surface area contributed by atoms with Gasteiger partial charge in [-0.2, -0.15) is 0 Å². The highest BCUT2D eigenvalue weighted by molar-refractivity contribution is 5.80. The Morgan fingerprint density at radius 1 is 1.04 bits per heavy atom. The average molecular weight is 369 g/mol. The summed E-state index contributed by atoms with van der Waals surface area (Å²) in [4.78, 5) is 7.22. The van der Waals surface area contributed by atoms with E-state index in [1.807, 2.05) is 7.05 Å². The van der Waals surface area contributed by atoms with E-state index in [4.69, 9.17) is 0 Å². The number of rotatable bonds is 5. The summed E-state index contributed by atoms with van der Waals surface area (Å²) in [7, 11) is 1.90. The number of hydrogen-bond donors (Lipinski definition) is 2. The minimum absolute atomic E-state index is 0.570. The SMILES string of the molecule is CN=C(NCC1CC1c1ccccc1)NC1CCN(C2CCCCC2)CC1. The Labute approximate surface area is 164 Å². The molecular formula is C23H36N4. The fourth-order valence-corrected chi connectivity index (χ4v) is 5.05. The van der Waals surface area contributed by atoms with Gasteiger partial charge in [-0.1, -0.05) is 49.6 Å². The average Bonchev–Trinajstić information content (AvgIpc) is 3.52. The summed E-state index contributed by atoms with van der Waals surface area (Å²) in [5.41, 5.74) is 1.49. The maximum atomic E-state index is 4.47. The van der Waals surface area contributed by atoms with E-state index in [0.29, 0.717) is 6.04 Å². The fourth-order valence-electron chi connectivity index (χ4n) is 5.05. The zero-order valence-electron chi connectivity index (χ0n) is 16.9. The summed E-state index contributed by atoms with van der Waals surface area (Å²) in [6, 6.07) is 12.4. The Kier molecular flexibility index (Phi) is 6.33. The minimum Gasteiger partial charge on any atom is -0.356 e. The molecule has 2 saturated carbocycles. The zero-order chi connectivity index (χ0) is 18.5. The predicted molar refractivity (Wildman–Crippen MR) is 113 cm³/mol. The number of hydrogen-bond acceptors (Lipinski definition) is 2. The highest BCUT2D eigenvalue weighted by Crippen LogP contribution is 2.46. The van der Waals surface area contributed by atoms with Gasteiger partial charge in [0, 0.05) is 38.8 Å². The number of piperidine rings is 1. The minimum atomic E-state index is 0.570. The van der Waals surface area contributed by atoms with Gasteiger partial charge in [0.1, 0.15) is 0 Å². The van der Waals surface area contributed by atoms with Gasteiger partial charge in [-0.15, -0.1) is 0 Å². The first kappa shape index (κ1) is 18.8. The maximum absolute atomic E-state index is 4.47. The van der Waals surface area contributed by atoms with Crippen molar-refractivity contribution >= 4 is 5.96 Å². The van der Waals surface area contributed by atoms with Crippen LogP contribution in [0.1, 0.15) is 62.8 Å². The summed E-state index contributed by atoms with van der Waals surface area (Å²) < 4.78 is 0. The molecule has 1 aromatic rings. The second-order valence-electron chi connectivity index (χ2n) is 8.71. The first-order valence-electron chi connectivity index (χ1n) is 11.1. The van der Waals surface area contributed by atoms with Gasteiger partial charge in [-0.3, -0.25) is 4.99 Å². The Morgan fingerprint density at radius 3 is 2.48 bits per heavy atom. The molecule has 1 heterocycles. The quantitative estimate of drug-likeness (QED) is 0.614. The summed E-state index contributed by atoms with van der Waals surface area (Å²) in [5, 5.41) is 7.26. The lowest BCUT2D eigenvalue weighted by atomic mass is 9.92. The Morgan fingerprint density at radius 2 is 1.78 bits per heavy atom. The Balaban J connectivity index is 1.17. The van der Waals surface area contributed by atoms with E-state index >= 15 is 0 Å². The van der Waals surface area contributed by atoms with Crippen molar-refractivity contribution in [3.05, 3.63) is 35.9 Å². The van der Waals surface area contributed by atoms with Crippen LogP contribution in [-0.2, 0) is 0 Å². The van der Waals surface area contributed by atoms with Gasteiger partial charge < -0.3 is 15.5 Å². The van der Waals surface area contributed by atoms with Crippen LogP contribution in [0.3, 0.4) is 0 Å². The molecule has 0 aromatic heterocycles. The molecule has 0 spiro atoms. The molecule has 27 heavy (non-hydrogen) atoms. The second-order valence-corrected chi connectivity index (χ2v) is 8.71. The molecule has 2 unspecified atom stereocenters. The van der Waals surface area contributed by atoms with Gasteiger partial charge in [-0.25, -0.2) is 0 Å². The van der Waals surface area contributed by atoms with E-state index in [0.717, 1.165) is 30.4 Å². The molecule has 0 radical (unpaired) electrons. The maximum Gasteiger partial charge on any atom is 0.191 e. The van der Waals surface area contributed by atoms with Crippen molar-refractivity contribution in [1.29, 1.82) is 0 Å². The molecule has 1 aromatic carbocycles. The van der Waals surface area contributed by atoms with Crippen LogP contribution in [0.5, 0.6) is 0 Å². The zero-order valence-corrected chi connectivity index (χ0v) is 16.9. The Hall–Kier alpha value is -1.55. The van der Waals surface area contributed by atoms with Gasteiger partial charge in [0.2, 0.25) is 0 Å². The summed E-state index contributed by atoms with van der Waals surface area (Å²) in [6.45, 7) is 3.52. The molecule has 0 bridgehead atoms. The van der Waals surface area contributed by atoms with Crippen LogP contribution >= 0.6 is 0 Å². The van der Waals surface area contributed by atoms with Gasteiger partial charge >= 0.3 is 0 Å². The number of aliphatic imine (C=N–C) groups is 1. The van der Waals surface area contributed by atoms with E-state index in [-0.39, 0.29) is 0 Å². The number of nitrogens with one attached hydrogen (secondary N) is 2. The molecule has 4 nitrogen and oxygen atoms in total. The highest BCUT2D eigenvalue weighted by atomic mass is 15.2. The lowest BCUT2D eigenvalue weighted by Crippen LogP contribution is -2.51. The van der Waals surface area contributed by atoms with Crippen molar-refractivity contribution in [3.63, 3.8) is 0 Å². The molecule has 1 saturated heterocycles. The smallest absolute Gasteiger partial charge is 0.191 e. The van der Waals surface area contributed by atoms with Gasteiger partial charge in [0.25, 0.3) is 0 Å². The monoisotopic (exact) mass is 368 g/mol. The third-order valence-electron chi connectivity index (χ3n) is 6.87. The molecule has 2 atom stereocenters. The molecule has 2 aliphatic carbocycles. The predicted octanol–water partition coefficient (Wildman–Crippen LogP) is 3.75. The Bertz CT molecular complexity index is 600. The van der Waals surface area contributed by atoms with E-state index in [2.05, 4.69) is 50.9 Å². The van der Waals surface area contributed by atoms with Crippen LogP contribution in [0, 0.1) is 5.92 Å². The van der Waals surface area contributed by atoms with Crippen molar-refractivity contribution in [1.82, 2.24) is 15.5 Å². The van der Waals surface area contributed by atoms with E-state index in [1.165, 1.54) is 70.0 Å². The third-order valence-corrected chi connectivity index (χ3v) is 6.87. The molecule has 3 fully saturated rings. The first-order valence-corrected chi connectivity index (χ1v) is 11.1. The molecular weight excluding hydrogens is 332 g/mol. The van der Waals surface area contributed by atoms with Crippen molar-refractivity contribution in [2.45, 2.75) is 69.4 Å². The number of likely N-dealkylation sites (tertiary alicyclic amines) is 1. The van der Waals surface area contributed by atoms with Crippen molar-refractivity contribution in [3.8, 4) is 0 Å². The number of guanidine groups is 1. The molecule has 1 aliphatic heterocycles. The lowest BCUT2D eigenvalue weighted by molar-refractivity contribution is 0.119. The van der Waals surface area contributed by atoms with E-state index < -0.39 is 0 Å². The number of nitrogens with zero attached hydrogens (tertiary/aromatic N) is 2. The molecule has 3 aliphatic rings. The van der Waals surface area contributed by atoms with Crippen LogP contribution in [-0.4, -0.2) is 49.6 Å². The molecule has 4 rings (SSSR count). The number of benzene rings is 1. The molecule has 0 amide bonds.